The molecular weight excluding hydrogens is 334 g/mol. The van der Waals surface area contributed by atoms with Gasteiger partial charge in [0.1, 0.15) is 6.04 Å². The van der Waals surface area contributed by atoms with Crippen LogP contribution in [0.1, 0.15) is 36.7 Å². The second-order valence-electron chi connectivity index (χ2n) is 6.27. The van der Waals surface area contributed by atoms with Gasteiger partial charge in [-0.1, -0.05) is 30.8 Å². The second-order valence-corrected chi connectivity index (χ2v) is 7.25. The van der Waals surface area contributed by atoms with Gasteiger partial charge in [-0.15, -0.1) is 0 Å². The summed E-state index contributed by atoms with van der Waals surface area (Å²) in [6, 6.07) is 12.0. The third kappa shape index (κ3) is 2.74. The standard InChI is InChI=1S/C19H21N3O2S/c1-3-13-11-25-19-21-17(14-6-4-5-9-20-14)18(22(13)19)12-7-8-15(23)16(10-12)24-2/h4-10,13,17-18,23H,3,11H2,1-2H3/t13-,17-,18+/m0/s1. The molecule has 0 unspecified atom stereocenters. The van der Waals surface area contributed by atoms with Gasteiger partial charge in [0, 0.05) is 18.0 Å². The average molecular weight is 355 g/mol. The monoisotopic (exact) mass is 355 g/mol. The van der Waals surface area contributed by atoms with E-state index in [0.29, 0.717) is 11.8 Å². The second kappa shape index (κ2) is 6.59. The highest BCUT2D eigenvalue weighted by molar-refractivity contribution is 8.14. The molecule has 0 amide bonds. The molecule has 0 radical (unpaired) electrons. The Balaban J connectivity index is 1.80. The minimum atomic E-state index is -0.0488. The molecule has 1 N–H and O–H groups in total. The number of nitrogens with zero attached hydrogens (tertiary/aromatic N) is 3. The average Bonchev–Trinajstić information content (AvgIpc) is 3.22. The molecule has 0 bridgehead atoms. The molecule has 2 aliphatic heterocycles. The first-order chi connectivity index (χ1) is 12.2. The Kier molecular flexibility index (Phi) is 4.29. The van der Waals surface area contributed by atoms with E-state index in [9.17, 15) is 5.11 Å². The first-order valence-corrected chi connectivity index (χ1v) is 9.48. The molecule has 130 valence electrons. The van der Waals surface area contributed by atoms with Crippen LogP contribution in [-0.2, 0) is 0 Å². The van der Waals surface area contributed by atoms with Crippen molar-refractivity contribution in [1.82, 2.24) is 9.88 Å². The van der Waals surface area contributed by atoms with E-state index >= 15 is 0 Å². The van der Waals surface area contributed by atoms with Crippen molar-refractivity contribution >= 4 is 16.9 Å². The number of thioether (sulfide) groups is 1. The van der Waals surface area contributed by atoms with E-state index in [0.717, 1.165) is 28.6 Å². The van der Waals surface area contributed by atoms with E-state index in [2.05, 4.69) is 16.8 Å². The van der Waals surface area contributed by atoms with Gasteiger partial charge in [0.2, 0.25) is 0 Å². The number of hydrogen-bond acceptors (Lipinski definition) is 6. The van der Waals surface area contributed by atoms with Crippen molar-refractivity contribution in [2.24, 2.45) is 4.99 Å². The topological polar surface area (TPSA) is 58.0 Å². The summed E-state index contributed by atoms with van der Waals surface area (Å²) in [5.41, 5.74) is 2.06. The van der Waals surface area contributed by atoms with Crippen molar-refractivity contribution < 1.29 is 9.84 Å². The van der Waals surface area contributed by atoms with Crippen LogP contribution in [0.25, 0.3) is 0 Å². The predicted molar refractivity (Wildman–Crippen MR) is 100 cm³/mol. The molecule has 1 saturated heterocycles. The minimum absolute atomic E-state index is 0.0488. The first kappa shape index (κ1) is 16.3. The molecule has 2 aromatic rings. The van der Waals surface area contributed by atoms with E-state index < -0.39 is 0 Å². The number of phenolic OH excluding ortho intramolecular Hbond substituents is 1. The molecule has 3 heterocycles. The molecule has 3 atom stereocenters. The number of aromatic hydroxyl groups is 1. The van der Waals surface area contributed by atoms with Crippen LogP contribution >= 0.6 is 11.8 Å². The molecule has 0 spiro atoms. The molecule has 6 heteroatoms. The van der Waals surface area contributed by atoms with Crippen LogP contribution in [0.15, 0.2) is 47.6 Å². The Labute approximate surface area is 151 Å². The largest absolute Gasteiger partial charge is 0.504 e. The number of amidine groups is 1. The lowest BCUT2D eigenvalue weighted by atomic mass is 9.95. The van der Waals surface area contributed by atoms with Crippen LogP contribution < -0.4 is 4.74 Å². The molecule has 2 aliphatic rings. The number of hydrogen-bond donors (Lipinski definition) is 1. The molecule has 1 fully saturated rings. The van der Waals surface area contributed by atoms with Crippen LogP contribution in [0.5, 0.6) is 11.5 Å². The lowest BCUT2D eigenvalue weighted by Crippen LogP contribution is -2.35. The van der Waals surface area contributed by atoms with Gasteiger partial charge in [-0.2, -0.15) is 0 Å². The number of aliphatic imine (C=N–C) groups is 1. The normalized spacial score (nSPS) is 25.0. The summed E-state index contributed by atoms with van der Waals surface area (Å²) in [6.07, 6.45) is 2.89. The van der Waals surface area contributed by atoms with Gasteiger partial charge >= 0.3 is 0 Å². The van der Waals surface area contributed by atoms with Gasteiger partial charge in [0.15, 0.2) is 16.7 Å². The van der Waals surface area contributed by atoms with Crippen LogP contribution in [0.2, 0.25) is 0 Å². The molecule has 1 aromatic carbocycles. The SMILES string of the molecule is CC[C@H]1CSC2=N[C@@H](c3ccccn3)[C@@H](c3ccc(O)c(OC)c3)N21. The Morgan fingerprint density at radius 3 is 2.92 bits per heavy atom. The maximum atomic E-state index is 9.96. The summed E-state index contributed by atoms with van der Waals surface area (Å²) in [5, 5.41) is 11.1. The van der Waals surface area contributed by atoms with E-state index in [1.54, 1.807) is 13.2 Å². The van der Waals surface area contributed by atoms with Crippen LogP contribution in [-0.4, -0.2) is 39.1 Å². The molecule has 0 saturated carbocycles. The van der Waals surface area contributed by atoms with Gasteiger partial charge in [-0.3, -0.25) is 9.98 Å². The Morgan fingerprint density at radius 2 is 2.20 bits per heavy atom. The predicted octanol–water partition coefficient (Wildman–Crippen LogP) is 3.78. The van der Waals surface area contributed by atoms with Crippen molar-refractivity contribution in [1.29, 1.82) is 0 Å². The number of fused-ring (bicyclic) bond motifs is 1. The smallest absolute Gasteiger partial charge is 0.160 e. The van der Waals surface area contributed by atoms with Gasteiger partial charge in [-0.05, 0) is 36.2 Å². The fourth-order valence-corrected chi connectivity index (χ4v) is 4.93. The van der Waals surface area contributed by atoms with E-state index in [1.807, 2.05) is 48.3 Å². The van der Waals surface area contributed by atoms with E-state index in [1.165, 1.54) is 0 Å². The number of ether oxygens (including phenoxy) is 1. The van der Waals surface area contributed by atoms with Crippen LogP contribution in [0.3, 0.4) is 0 Å². The highest BCUT2D eigenvalue weighted by Gasteiger charge is 2.45. The fraction of sp³-hybridized carbons (Fsp3) is 0.368. The Bertz CT molecular complexity index is 797. The number of rotatable bonds is 4. The number of pyridine rings is 1. The van der Waals surface area contributed by atoms with Gasteiger partial charge in [-0.25, -0.2) is 0 Å². The highest BCUT2D eigenvalue weighted by atomic mass is 32.2. The molecular formula is C19H21N3O2S. The van der Waals surface area contributed by atoms with Gasteiger partial charge in [0.05, 0.1) is 18.8 Å². The molecule has 1 aromatic heterocycles. The van der Waals surface area contributed by atoms with Crippen molar-refractivity contribution in [3.63, 3.8) is 0 Å². The lowest BCUT2D eigenvalue weighted by Gasteiger charge is -2.32. The first-order valence-electron chi connectivity index (χ1n) is 8.49. The third-order valence-electron chi connectivity index (χ3n) is 4.87. The van der Waals surface area contributed by atoms with Crippen molar-refractivity contribution in [2.45, 2.75) is 31.5 Å². The number of methoxy groups -OCH3 is 1. The van der Waals surface area contributed by atoms with E-state index in [-0.39, 0.29) is 17.8 Å². The van der Waals surface area contributed by atoms with Crippen LogP contribution in [0, 0.1) is 0 Å². The zero-order valence-electron chi connectivity index (χ0n) is 14.3. The van der Waals surface area contributed by atoms with Crippen molar-refractivity contribution in [3.05, 3.63) is 53.9 Å². The molecule has 4 rings (SSSR count). The summed E-state index contributed by atoms with van der Waals surface area (Å²) in [6.45, 7) is 2.22. The molecule has 5 nitrogen and oxygen atoms in total. The fourth-order valence-electron chi connectivity index (χ4n) is 3.59. The van der Waals surface area contributed by atoms with Crippen molar-refractivity contribution in [2.75, 3.05) is 12.9 Å². The summed E-state index contributed by atoms with van der Waals surface area (Å²) >= 11 is 1.82. The van der Waals surface area contributed by atoms with Crippen LogP contribution in [0.4, 0.5) is 0 Å². The lowest BCUT2D eigenvalue weighted by molar-refractivity contribution is 0.254. The summed E-state index contributed by atoms with van der Waals surface area (Å²) in [7, 11) is 1.58. The summed E-state index contributed by atoms with van der Waals surface area (Å²) in [4.78, 5) is 12.0. The van der Waals surface area contributed by atoms with E-state index in [4.69, 9.17) is 9.73 Å². The maximum Gasteiger partial charge on any atom is 0.160 e. The Morgan fingerprint density at radius 1 is 1.32 bits per heavy atom. The zero-order chi connectivity index (χ0) is 17.4. The summed E-state index contributed by atoms with van der Waals surface area (Å²) < 4.78 is 5.32. The summed E-state index contributed by atoms with van der Waals surface area (Å²) in [5.74, 6) is 1.71. The highest BCUT2D eigenvalue weighted by Crippen LogP contribution is 2.49. The molecule has 25 heavy (non-hydrogen) atoms. The molecule has 0 aliphatic carbocycles. The van der Waals surface area contributed by atoms with Gasteiger partial charge in [0.25, 0.3) is 0 Å². The number of aromatic nitrogens is 1. The quantitative estimate of drug-likeness (QED) is 0.905. The minimum Gasteiger partial charge on any atom is -0.504 e. The number of benzene rings is 1. The maximum absolute atomic E-state index is 9.96. The zero-order valence-corrected chi connectivity index (χ0v) is 15.1. The van der Waals surface area contributed by atoms with Crippen molar-refractivity contribution in [3.8, 4) is 11.5 Å². The number of phenols is 1. The van der Waals surface area contributed by atoms with Gasteiger partial charge < -0.3 is 14.7 Å². The Hall–Kier alpha value is -2.21. The third-order valence-corrected chi connectivity index (χ3v) is 6.00.